The molecule has 4 N–H and O–H groups in total. The van der Waals surface area contributed by atoms with E-state index in [2.05, 4.69) is 4.98 Å². The van der Waals surface area contributed by atoms with Gasteiger partial charge in [0, 0.05) is 24.5 Å². The lowest BCUT2D eigenvalue weighted by Gasteiger charge is -2.11. The number of nitrogen functional groups attached to an aromatic ring is 1. The maximum Gasteiger partial charge on any atom is 0.250 e. The van der Waals surface area contributed by atoms with Gasteiger partial charge in [-0.25, -0.2) is 9.37 Å². The van der Waals surface area contributed by atoms with Gasteiger partial charge in [-0.1, -0.05) is 6.92 Å². The van der Waals surface area contributed by atoms with Gasteiger partial charge in [-0.15, -0.1) is 0 Å². The van der Waals surface area contributed by atoms with Gasteiger partial charge < -0.3 is 16.0 Å². The molecular weight excluding hydrogens is 247 g/mol. The Bertz CT molecular complexity index is 621. The molecule has 5 nitrogen and oxygen atoms in total. The lowest BCUT2D eigenvalue weighted by molar-refractivity contribution is 0.100. The van der Waals surface area contributed by atoms with E-state index in [-0.39, 0.29) is 16.9 Å². The third-order valence-electron chi connectivity index (χ3n) is 2.83. The Hall–Kier alpha value is -2.37. The Morgan fingerprint density at radius 1 is 1.47 bits per heavy atom. The number of benzene rings is 1. The number of carbonyl (C=O) groups is 1. The molecule has 0 aliphatic carbocycles. The van der Waals surface area contributed by atoms with Crippen molar-refractivity contribution in [2.45, 2.75) is 19.8 Å². The second-order valence-corrected chi connectivity index (χ2v) is 4.22. The van der Waals surface area contributed by atoms with Crippen molar-refractivity contribution in [3.8, 4) is 5.69 Å². The normalized spacial score (nSPS) is 10.6. The molecule has 2 aromatic rings. The second-order valence-electron chi connectivity index (χ2n) is 4.22. The molecule has 1 aromatic carbocycles. The van der Waals surface area contributed by atoms with E-state index in [9.17, 15) is 9.18 Å². The fourth-order valence-electron chi connectivity index (χ4n) is 1.94. The number of carbonyl (C=O) groups excluding carboxylic acids is 1. The van der Waals surface area contributed by atoms with Crippen LogP contribution in [-0.2, 0) is 6.42 Å². The van der Waals surface area contributed by atoms with Gasteiger partial charge in [-0.2, -0.15) is 0 Å². The first-order chi connectivity index (χ1) is 9.04. The molecule has 0 radical (unpaired) electrons. The summed E-state index contributed by atoms with van der Waals surface area (Å²) in [6, 6.07) is 2.46. The average molecular weight is 262 g/mol. The highest BCUT2D eigenvalue weighted by atomic mass is 19.1. The number of nitrogens with zero attached hydrogens (tertiary/aromatic N) is 2. The number of imidazole rings is 1. The Morgan fingerprint density at radius 3 is 2.84 bits per heavy atom. The first-order valence-corrected chi connectivity index (χ1v) is 5.96. The number of halogens is 1. The fourth-order valence-corrected chi connectivity index (χ4v) is 1.94. The number of amides is 1. The molecule has 0 atom stereocenters. The predicted molar refractivity (Wildman–Crippen MR) is 70.4 cm³/mol. The van der Waals surface area contributed by atoms with Crippen LogP contribution in [0.1, 0.15) is 29.5 Å². The van der Waals surface area contributed by atoms with Crippen molar-refractivity contribution in [1.29, 1.82) is 0 Å². The number of aromatic nitrogens is 2. The van der Waals surface area contributed by atoms with Crippen molar-refractivity contribution in [3.63, 3.8) is 0 Å². The Kier molecular flexibility index (Phi) is 3.50. The number of aryl methyl sites for hydroxylation is 1. The monoisotopic (exact) mass is 262 g/mol. The van der Waals surface area contributed by atoms with E-state index >= 15 is 0 Å². The van der Waals surface area contributed by atoms with Gasteiger partial charge in [0.2, 0.25) is 0 Å². The number of hydrogen-bond acceptors (Lipinski definition) is 3. The molecule has 0 aliphatic heterocycles. The quantitative estimate of drug-likeness (QED) is 0.821. The maximum atomic E-state index is 14.0. The molecule has 0 aliphatic rings. The number of anilines is 1. The summed E-state index contributed by atoms with van der Waals surface area (Å²) in [6.45, 7) is 2.01. The van der Waals surface area contributed by atoms with E-state index in [0.717, 1.165) is 18.3 Å². The Labute approximate surface area is 110 Å². The molecule has 0 bridgehead atoms. The minimum atomic E-state index is -0.684. The van der Waals surface area contributed by atoms with Crippen molar-refractivity contribution in [3.05, 3.63) is 41.7 Å². The van der Waals surface area contributed by atoms with Crippen LogP contribution in [0.4, 0.5) is 10.1 Å². The number of rotatable bonds is 4. The van der Waals surface area contributed by atoms with Crippen molar-refractivity contribution < 1.29 is 9.18 Å². The highest BCUT2D eigenvalue weighted by Gasteiger charge is 2.15. The van der Waals surface area contributed by atoms with Gasteiger partial charge in [0.15, 0.2) is 0 Å². The number of hydrogen-bond donors (Lipinski definition) is 2. The van der Waals surface area contributed by atoms with Crippen molar-refractivity contribution in [2.75, 3.05) is 5.73 Å². The van der Waals surface area contributed by atoms with Gasteiger partial charge in [-0.3, -0.25) is 4.79 Å². The van der Waals surface area contributed by atoms with Crippen LogP contribution in [0, 0.1) is 5.82 Å². The first kappa shape index (κ1) is 13.1. The zero-order valence-electron chi connectivity index (χ0n) is 10.6. The van der Waals surface area contributed by atoms with Gasteiger partial charge in [-0.05, 0) is 18.6 Å². The summed E-state index contributed by atoms with van der Waals surface area (Å²) in [7, 11) is 0. The molecular formula is C13H15FN4O. The third kappa shape index (κ3) is 2.42. The first-order valence-electron chi connectivity index (χ1n) is 5.96. The number of primary amides is 1. The predicted octanol–water partition coefficient (Wildman–Crippen LogP) is 1.64. The van der Waals surface area contributed by atoms with Crippen molar-refractivity contribution in [2.24, 2.45) is 5.73 Å². The maximum absolute atomic E-state index is 14.0. The molecule has 19 heavy (non-hydrogen) atoms. The Balaban J connectivity index is 2.58. The second kappa shape index (κ2) is 5.09. The van der Waals surface area contributed by atoms with Gasteiger partial charge in [0.25, 0.3) is 5.91 Å². The average Bonchev–Trinajstić information content (AvgIpc) is 2.77. The van der Waals surface area contributed by atoms with Crippen LogP contribution in [0.15, 0.2) is 24.5 Å². The van der Waals surface area contributed by atoms with Crippen LogP contribution in [-0.4, -0.2) is 15.5 Å². The molecule has 1 heterocycles. The van der Waals surface area contributed by atoms with E-state index in [4.69, 9.17) is 11.5 Å². The van der Waals surface area contributed by atoms with Gasteiger partial charge >= 0.3 is 0 Å². The molecule has 0 spiro atoms. The molecule has 0 fully saturated rings. The third-order valence-corrected chi connectivity index (χ3v) is 2.83. The Morgan fingerprint density at radius 2 is 2.21 bits per heavy atom. The number of nitrogens with two attached hydrogens (primary N) is 2. The van der Waals surface area contributed by atoms with E-state index in [1.807, 2.05) is 6.92 Å². The summed E-state index contributed by atoms with van der Waals surface area (Å²) in [6.07, 6.45) is 4.83. The summed E-state index contributed by atoms with van der Waals surface area (Å²) < 4.78 is 15.6. The zero-order valence-corrected chi connectivity index (χ0v) is 10.6. The van der Waals surface area contributed by atoms with Crippen molar-refractivity contribution in [1.82, 2.24) is 9.55 Å². The molecule has 6 heteroatoms. The lowest BCUT2D eigenvalue weighted by atomic mass is 10.1. The minimum absolute atomic E-state index is 0.0332. The van der Waals surface area contributed by atoms with Crippen LogP contribution >= 0.6 is 0 Å². The topological polar surface area (TPSA) is 86.9 Å². The van der Waals surface area contributed by atoms with E-state index in [1.54, 1.807) is 17.0 Å². The fraction of sp³-hybridized carbons (Fsp3) is 0.231. The van der Waals surface area contributed by atoms with Crippen LogP contribution in [0.2, 0.25) is 0 Å². The molecule has 0 saturated carbocycles. The molecule has 0 saturated heterocycles. The summed E-state index contributed by atoms with van der Waals surface area (Å²) in [5.41, 5.74) is 11.2. The molecule has 2 rings (SSSR count). The van der Waals surface area contributed by atoms with Gasteiger partial charge in [0.1, 0.15) is 11.6 Å². The zero-order chi connectivity index (χ0) is 14.0. The lowest BCUT2D eigenvalue weighted by Crippen LogP contribution is -2.15. The van der Waals surface area contributed by atoms with E-state index in [0.29, 0.717) is 6.42 Å². The van der Waals surface area contributed by atoms with E-state index < -0.39 is 11.7 Å². The van der Waals surface area contributed by atoms with Gasteiger partial charge in [0.05, 0.1) is 11.3 Å². The molecule has 1 amide bonds. The summed E-state index contributed by atoms with van der Waals surface area (Å²) in [5.74, 6) is -0.477. The van der Waals surface area contributed by atoms with Crippen LogP contribution in [0.25, 0.3) is 5.69 Å². The smallest absolute Gasteiger partial charge is 0.250 e. The summed E-state index contributed by atoms with van der Waals surface area (Å²) >= 11 is 0. The molecule has 100 valence electrons. The minimum Gasteiger partial charge on any atom is -0.398 e. The summed E-state index contributed by atoms with van der Waals surface area (Å²) in [5, 5.41) is 0. The SMILES string of the molecule is CCCc1nccn1-c1cc(C(N)=O)c(N)cc1F. The molecule has 0 unspecified atom stereocenters. The largest absolute Gasteiger partial charge is 0.398 e. The van der Waals surface area contributed by atoms with Crippen LogP contribution in [0.3, 0.4) is 0 Å². The van der Waals surface area contributed by atoms with Crippen LogP contribution in [0.5, 0.6) is 0 Å². The van der Waals surface area contributed by atoms with E-state index in [1.165, 1.54) is 6.07 Å². The molecule has 1 aromatic heterocycles. The standard InChI is InChI=1S/C13H15FN4O/c1-2-3-12-17-4-5-18(12)11-6-8(13(16)19)10(15)7-9(11)14/h4-7H,2-3,15H2,1H3,(H2,16,19). The highest BCUT2D eigenvalue weighted by molar-refractivity contribution is 5.98. The summed E-state index contributed by atoms with van der Waals surface area (Å²) in [4.78, 5) is 15.4. The highest BCUT2D eigenvalue weighted by Crippen LogP contribution is 2.22. The van der Waals surface area contributed by atoms with Crippen molar-refractivity contribution >= 4 is 11.6 Å². The van der Waals surface area contributed by atoms with Crippen LogP contribution < -0.4 is 11.5 Å².